The van der Waals surface area contributed by atoms with E-state index in [9.17, 15) is 0 Å². The van der Waals surface area contributed by atoms with E-state index in [4.69, 9.17) is 4.42 Å². The van der Waals surface area contributed by atoms with Crippen LogP contribution in [0.2, 0.25) is 0 Å². The summed E-state index contributed by atoms with van der Waals surface area (Å²) in [5.41, 5.74) is 15.3. The Bertz CT molecular complexity index is 2720. The van der Waals surface area contributed by atoms with Crippen molar-refractivity contribution in [1.82, 2.24) is 14.8 Å². The molecule has 0 saturated heterocycles. The van der Waals surface area contributed by atoms with Gasteiger partial charge in [0.1, 0.15) is 0 Å². The van der Waals surface area contributed by atoms with Gasteiger partial charge in [0.2, 0.25) is 11.8 Å². The van der Waals surface area contributed by atoms with Gasteiger partial charge < -0.3 is 8.98 Å². The minimum Gasteiger partial charge on any atom is -0.416 e. The lowest BCUT2D eigenvalue weighted by Crippen LogP contribution is -1.96. The number of hydrogen-bond acceptors (Lipinski definition) is 3. The van der Waals surface area contributed by atoms with Crippen LogP contribution in [-0.4, -0.2) is 14.8 Å². The van der Waals surface area contributed by atoms with Crippen LogP contribution in [0.1, 0.15) is 63.5 Å². The highest BCUT2D eigenvalue weighted by Crippen LogP contribution is 2.40. The third-order valence-corrected chi connectivity index (χ3v) is 11.6. The fraction of sp³-hybridized carbons (Fsp3) is 0.154. The van der Waals surface area contributed by atoms with Crippen LogP contribution in [0.3, 0.4) is 0 Å². The van der Waals surface area contributed by atoms with Gasteiger partial charge in [0.05, 0.1) is 11.0 Å². The van der Waals surface area contributed by atoms with E-state index in [-0.39, 0.29) is 0 Å². The molecule has 2 aromatic heterocycles. The normalized spacial score (nSPS) is 12.6. The maximum atomic E-state index is 6.04. The van der Waals surface area contributed by atoms with Crippen molar-refractivity contribution in [3.8, 4) is 62.0 Å². The molecular formula is C52H45N3O. The Morgan fingerprint density at radius 3 is 1.34 bits per heavy atom. The molecule has 56 heavy (non-hydrogen) atoms. The van der Waals surface area contributed by atoms with E-state index in [1.165, 1.54) is 55.2 Å². The van der Waals surface area contributed by atoms with Crippen LogP contribution in [0.4, 0.5) is 0 Å². The van der Waals surface area contributed by atoms with Crippen molar-refractivity contribution < 1.29 is 4.42 Å². The standard InChI is InChI=1S/C52H45N3O/c1-5-34(3)40-26-30-49-47(32-40)48-33-41(35(4)6-2)27-31-50(48)55(49)42-28-24-37(25-29-42)44-17-11-13-19-46(44)45-18-12-10-16-43(45)36-20-22-39(23-21-36)52-54-53-51(56-52)38-14-8-7-9-15-38/h7-35H,5-6H2,1-4H3. The average molecular weight is 728 g/mol. The summed E-state index contributed by atoms with van der Waals surface area (Å²) >= 11 is 0. The van der Waals surface area contributed by atoms with Crippen LogP contribution in [0.5, 0.6) is 0 Å². The molecule has 0 radical (unpaired) electrons. The summed E-state index contributed by atoms with van der Waals surface area (Å²) in [5.74, 6) is 2.06. The zero-order valence-electron chi connectivity index (χ0n) is 32.4. The molecule has 0 bridgehead atoms. The summed E-state index contributed by atoms with van der Waals surface area (Å²) in [7, 11) is 0. The van der Waals surface area contributed by atoms with Crippen LogP contribution >= 0.6 is 0 Å². The zero-order chi connectivity index (χ0) is 38.2. The first-order chi connectivity index (χ1) is 27.5. The summed E-state index contributed by atoms with van der Waals surface area (Å²) in [6, 6.07) is 58.9. The Morgan fingerprint density at radius 1 is 0.446 bits per heavy atom. The molecule has 0 aliphatic heterocycles. The highest BCUT2D eigenvalue weighted by molar-refractivity contribution is 6.10. The van der Waals surface area contributed by atoms with Gasteiger partial charge in [0, 0.05) is 27.6 Å². The van der Waals surface area contributed by atoms with Crippen LogP contribution in [0, 0.1) is 0 Å². The summed E-state index contributed by atoms with van der Waals surface area (Å²) in [4.78, 5) is 0. The number of aromatic nitrogens is 3. The highest BCUT2D eigenvalue weighted by Gasteiger charge is 2.18. The van der Waals surface area contributed by atoms with Crippen LogP contribution in [-0.2, 0) is 0 Å². The van der Waals surface area contributed by atoms with Gasteiger partial charge in [-0.05, 0) is 130 Å². The van der Waals surface area contributed by atoms with Crippen molar-refractivity contribution >= 4 is 21.8 Å². The van der Waals surface area contributed by atoms with E-state index in [1.54, 1.807) is 0 Å². The molecule has 9 aromatic rings. The topological polar surface area (TPSA) is 43.9 Å². The van der Waals surface area contributed by atoms with Crippen LogP contribution < -0.4 is 0 Å². The minimum atomic E-state index is 0.505. The van der Waals surface area contributed by atoms with E-state index in [0.717, 1.165) is 40.8 Å². The van der Waals surface area contributed by atoms with E-state index in [2.05, 4.69) is 176 Å². The monoisotopic (exact) mass is 727 g/mol. The number of hydrogen-bond donors (Lipinski definition) is 0. The zero-order valence-corrected chi connectivity index (χ0v) is 32.4. The van der Waals surface area contributed by atoms with Gasteiger partial charge in [-0.25, -0.2) is 0 Å². The smallest absolute Gasteiger partial charge is 0.248 e. The molecule has 9 rings (SSSR count). The van der Waals surface area contributed by atoms with Gasteiger partial charge in [-0.1, -0.05) is 131 Å². The predicted molar refractivity (Wildman–Crippen MR) is 233 cm³/mol. The third-order valence-electron chi connectivity index (χ3n) is 11.6. The van der Waals surface area contributed by atoms with Gasteiger partial charge in [-0.15, -0.1) is 10.2 Å². The molecule has 0 N–H and O–H groups in total. The quantitative estimate of drug-likeness (QED) is 0.141. The SMILES string of the molecule is CCC(C)c1ccc2c(c1)c1cc(C(C)CC)ccc1n2-c1ccc(-c2ccccc2-c2ccccc2-c2ccc(-c3nnc(-c4ccccc4)o3)cc2)cc1. The number of nitrogens with zero attached hydrogens (tertiary/aromatic N) is 3. The minimum absolute atomic E-state index is 0.505. The molecule has 0 spiro atoms. The predicted octanol–water partition coefficient (Wildman–Crippen LogP) is 14.5. The second-order valence-corrected chi connectivity index (χ2v) is 15.0. The second-order valence-electron chi connectivity index (χ2n) is 15.0. The Balaban J connectivity index is 1.07. The van der Waals surface area contributed by atoms with Crippen molar-refractivity contribution in [3.63, 3.8) is 0 Å². The fourth-order valence-corrected chi connectivity index (χ4v) is 7.98. The lowest BCUT2D eigenvalue weighted by Gasteiger charge is -2.16. The average Bonchev–Trinajstić information content (AvgIpc) is 3.90. The van der Waals surface area contributed by atoms with Crippen molar-refractivity contribution in [3.05, 3.63) is 175 Å². The third kappa shape index (κ3) is 6.41. The van der Waals surface area contributed by atoms with Gasteiger partial charge in [0.15, 0.2) is 0 Å². The molecule has 2 unspecified atom stereocenters. The molecule has 0 aliphatic rings. The molecule has 0 saturated carbocycles. The Morgan fingerprint density at radius 2 is 0.857 bits per heavy atom. The number of rotatable bonds is 10. The first-order valence-electron chi connectivity index (χ1n) is 19.9. The molecular weight excluding hydrogens is 683 g/mol. The maximum Gasteiger partial charge on any atom is 0.248 e. The van der Waals surface area contributed by atoms with E-state index in [1.807, 2.05) is 30.3 Å². The van der Waals surface area contributed by atoms with Gasteiger partial charge in [0.25, 0.3) is 0 Å². The highest BCUT2D eigenvalue weighted by atomic mass is 16.4. The lowest BCUT2D eigenvalue weighted by molar-refractivity contribution is 0.584. The Labute approximate surface area is 329 Å². The first-order valence-corrected chi connectivity index (χ1v) is 19.9. The Kier molecular flexibility index (Phi) is 9.40. The van der Waals surface area contributed by atoms with Crippen molar-refractivity contribution in [2.24, 2.45) is 0 Å². The lowest BCUT2D eigenvalue weighted by atomic mass is 9.89. The van der Waals surface area contributed by atoms with Crippen molar-refractivity contribution in [2.75, 3.05) is 0 Å². The van der Waals surface area contributed by atoms with Crippen molar-refractivity contribution in [1.29, 1.82) is 0 Å². The molecule has 0 aliphatic carbocycles. The van der Waals surface area contributed by atoms with Crippen LogP contribution in [0.15, 0.2) is 168 Å². The fourth-order valence-electron chi connectivity index (χ4n) is 7.98. The summed E-state index contributed by atoms with van der Waals surface area (Å²) in [5, 5.41) is 11.3. The largest absolute Gasteiger partial charge is 0.416 e. The molecule has 0 fully saturated rings. The van der Waals surface area contributed by atoms with Gasteiger partial charge >= 0.3 is 0 Å². The second kappa shape index (κ2) is 15.0. The molecule has 4 nitrogen and oxygen atoms in total. The summed E-state index contributed by atoms with van der Waals surface area (Å²) in [6.07, 6.45) is 2.25. The number of fused-ring (bicyclic) bond motifs is 3. The molecule has 0 amide bonds. The number of benzene rings is 7. The molecule has 2 heterocycles. The molecule has 274 valence electrons. The van der Waals surface area contributed by atoms with E-state index < -0.39 is 0 Å². The Hall–Kier alpha value is -6.52. The van der Waals surface area contributed by atoms with E-state index >= 15 is 0 Å². The summed E-state index contributed by atoms with van der Waals surface area (Å²) in [6.45, 7) is 9.20. The van der Waals surface area contributed by atoms with Gasteiger partial charge in [-0.2, -0.15) is 0 Å². The van der Waals surface area contributed by atoms with Gasteiger partial charge in [-0.3, -0.25) is 0 Å². The molecule has 2 atom stereocenters. The van der Waals surface area contributed by atoms with Crippen LogP contribution in [0.25, 0.3) is 83.8 Å². The molecule has 4 heteroatoms. The first kappa shape index (κ1) is 35.2. The maximum absolute atomic E-state index is 6.04. The summed E-state index contributed by atoms with van der Waals surface area (Å²) < 4.78 is 8.49. The van der Waals surface area contributed by atoms with Crippen molar-refractivity contribution in [2.45, 2.75) is 52.4 Å². The van der Waals surface area contributed by atoms with E-state index in [0.29, 0.717) is 23.6 Å². The molecule has 7 aromatic carbocycles.